The lowest BCUT2D eigenvalue weighted by atomic mass is 9.97. The lowest BCUT2D eigenvalue weighted by molar-refractivity contribution is -0.596. The highest BCUT2D eigenvalue weighted by molar-refractivity contribution is 5.76. The van der Waals surface area contributed by atoms with E-state index in [4.69, 9.17) is 0 Å². The molecule has 0 amide bonds. The second kappa shape index (κ2) is 5.35. The van der Waals surface area contributed by atoms with E-state index in [0.717, 1.165) is 5.69 Å². The molecule has 0 aliphatic carbocycles. The molecule has 4 heteroatoms. The fraction of sp³-hybridized carbons (Fsp3) is 0.412. The zero-order valence-electron chi connectivity index (χ0n) is 13.6. The molecule has 1 aromatic heterocycles. The van der Waals surface area contributed by atoms with E-state index in [0.29, 0.717) is 0 Å². The van der Waals surface area contributed by atoms with Gasteiger partial charge in [0.05, 0.1) is 0 Å². The van der Waals surface area contributed by atoms with Gasteiger partial charge in [-0.25, -0.2) is 0 Å². The van der Waals surface area contributed by atoms with Crippen molar-refractivity contribution in [1.29, 1.82) is 0 Å². The molecular weight excluding hydrogens is 262 g/mol. The Morgan fingerprint density at radius 2 is 1.71 bits per heavy atom. The van der Waals surface area contributed by atoms with Crippen molar-refractivity contribution in [2.45, 2.75) is 41.5 Å². The summed E-state index contributed by atoms with van der Waals surface area (Å²) in [4.78, 5) is 0. The normalized spacial score (nSPS) is 12.8. The van der Waals surface area contributed by atoms with Gasteiger partial charge in [-0.3, -0.25) is 0 Å². The van der Waals surface area contributed by atoms with E-state index >= 15 is 0 Å². The Labute approximate surface area is 126 Å². The standard InChI is InChI=1S/C17H23N3O/c1-12-9-13(2)15(14(3)10-12)19-7-8-20(11-19)18-16(21)17(4,5)6/h7-11H,1-6H3. The topological polar surface area (TPSA) is 44.2 Å². The molecule has 1 heterocycles. The van der Waals surface area contributed by atoms with Gasteiger partial charge in [0.15, 0.2) is 6.20 Å². The second-order valence-corrected chi connectivity index (χ2v) is 6.60. The minimum atomic E-state index is -0.467. The monoisotopic (exact) mass is 285 g/mol. The summed E-state index contributed by atoms with van der Waals surface area (Å²) in [6.45, 7) is 11.9. The van der Waals surface area contributed by atoms with Gasteiger partial charge in [-0.2, -0.15) is 4.57 Å². The van der Waals surface area contributed by atoms with E-state index in [2.05, 4.69) is 38.0 Å². The zero-order valence-corrected chi connectivity index (χ0v) is 13.6. The smallest absolute Gasteiger partial charge is 0.274 e. The summed E-state index contributed by atoms with van der Waals surface area (Å²) in [6, 6.07) is 4.31. The lowest BCUT2D eigenvalue weighted by Gasteiger charge is -2.23. The van der Waals surface area contributed by atoms with Gasteiger partial charge >= 0.3 is 0 Å². The Bertz CT molecular complexity index is 667. The van der Waals surface area contributed by atoms with Crippen LogP contribution in [0.2, 0.25) is 0 Å². The summed E-state index contributed by atoms with van der Waals surface area (Å²) in [5.74, 6) is -0.136. The number of aryl methyl sites for hydroxylation is 3. The quantitative estimate of drug-likeness (QED) is 0.474. The van der Waals surface area contributed by atoms with Gasteiger partial charge in [-0.1, -0.05) is 43.6 Å². The van der Waals surface area contributed by atoms with Crippen LogP contribution in [0.4, 0.5) is 0 Å². The minimum absolute atomic E-state index is 0.136. The molecule has 0 bridgehead atoms. The van der Waals surface area contributed by atoms with Crippen LogP contribution in [0.5, 0.6) is 0 Å². The summed E-state index contributed by atoms with van der Waals surface area (Å²) < 4.78 is 3.58. The van der Waals surface area contributed by atoms with Crippen LogP contribution >= 0.6 is 0 Å². The third-order valence-electron chi connectivity index (χ3n) is 3.36. The maximum Gasteiger partial charge on any atom is 0.274 e. The van der Waals surface area contributed by atoms with Crippen LogP contribution in [0.3, 0.4) is 0 Å². The van der Waals surface area contributed by atoms with Crippen molar-refractivity contribution in [3.8, 4) is 5.69 Å². The van der Waals surface area contributed by atoms with Crippen molar-refractivity contribution in [2.75, 3.05) is 0 Å². The van der Waals surface area contributed by atoms with E-state index in [-0.39, 0.29) is 5.90 Å². The second-order valence-electron chi connectivity index (χ2n) is 6.60. The number of hydrogen-bond acceptors (Lipinski definition) is 2. The van der Waals surface area contributed by atoms with Crippen molar-refractivity contribution in [1.82, 2.24) is 4.68 Å². The summed E-state index contributed by atoms with van der Waals surface area (Å²) in [5.41, 5.74) is 4.33. The molecule has 2 aromatic rings. The third-order valence-corrected chi connectivity index (χ3v) is 3.36. The maximum absolute atomic E-state index is 12.0. The molecule has 0 spiro atoms. The van der Waals surface area contributed by atoms with E-state index in [1.165, 1.54) is 16.7 Å². The maximum atomic E-state index is 12.0. The Balaban J connectivity index is 2.42. The van der Waals surface area contributed by atoms with Crippen LogP contribution in [0, 0.1) is 26.2 Å². The van der Waals surface area contributed by atoms with E-state index < -0.39 is 5.41 Å². The van der Waals surface area contributed by atoms with Crippen LogP contribution in [0.1, 0.15) is 37.5 Å². The van der Waals surface area contributed by atoms with E-state index in [9.17, 15) is 5.11 Å². The number of benzene rings is 1. The first-order valence-corrected chi connectivity index (χ1v) is 7.12. The van der Waals surface area contributed by atoms with Crippen LogP contribution in [0.25, 0.3) is 5.69 Å². The summed E-state index contributed by atoms with van der Waals surface area (Å²) in [6.07, 6.45) is 5.54. The summed E-state index contributed by atoms with van der Waals surface area (Å²) >= 11 is 0. The molecule has 0 saturated carbocycles. The van der Waals surface area contributed by atoms with Gasteiger partial charge in [0.1, 0.15) is 11.9 Å². The fourth-order valence-electron chi connectivity index (χ4n) is 2.37. The van der Waals surface area contributed by atoms with Gasteiger partial charge in [0.2, 0.25) is 0 Å². The molecule has 0 aliphatic heterocycles. The molecule has 0 aliphatic rings. The molecule has 21 heavy (non-hydrogen) atoms. The predicted octanol–water partition coefficient (Wildman–Crippen LogP) is 2.26. The lowest BCUT2D eigenvalue weighted by Crippen LogP contribution is -2.34. The summed E-state index contributed by atoms with van der Waals surface area (Å²) in [5, 5.41) is 16.1. The highest BCUT2D eigenvalue weighted by Gasteiger charge is 2.15. The molecule has 0 N–H and O–H groups in total. The third kappa shape index (κ3) is 3.32. The average molecular weight is 285 g/mol. The van der Waals surface area contributed by atoms with Crippen LogP contribution in [0.15, 0.2) is 36.0 Å². The zero-order chi connectivity index (χ0) is 15.8. The molecular formula is C17H23N3O. The molecule has 0 fully saturated rings. The van der Waals surface area contributed by atoms with Crippen LogP contribution < -0.4 is 9.67 Å². The molecule has 112 valence electrons. The number of aromatic nitrogens is 2. The first kappa shape index (κ1) is 15.3. The summed E-state index contributed by atoms with van der Waals surface area (Å²) in [7, 11) is 0. The van der Waals surface area contributed by atoms with E-state index in [1.54, 1.807) is 10.9 Å². The van der Waals surface area contributed by atoms with Gasteiger partial charge in [-0.15, -0.1) is 4.68 Å². The Morgan fingerprint density at radius 1 is 1.14 bits per heavy atom. The molecule has 0 saturated heterocycles. The highest BCUT2D eigenvalue weighted by atomic mass is 16.3. The number of imidazole rings is 1. The molecule has 4 nitrogen and oxygen atoms in total. The van der Waals surface area contributed by atoms with Crippen molar-refractivity contribution in [3.63, 3.8) is 0 Å². The Morgan fingerprint density at radius 3 is 2.24 bits per heavy atom. The molecule has 0 radical (unpaired) electrons. The average Bonchev–Trinajstić information content (AvgIpc) is 2.74. The Hall–Kier alpha value is -2.10. The van der Waals surface area contributed by atoms with Gasteiger partial charge in [-0.05, 0) is 37.3 Å². The molecule has 0 unspecified atom stereocenters. The highest BCUT2D eigenvalue weighted by Crippen LogP contribution is 2.16. The fourth-order valence-corrected chi connectivity index (χ4v) is 2.37. The van der Waals surface area contributed by atoms with E-state index in [1.807, 2.05) is 37.9 Å². The van der Waals surface area contributed by atoms with Gasteiger partial charge in [0.25, 0.3) is 6.33 Å². The van der Waals surface area contributed by atoms with Gasteiger partial charge < -0.3 is 5.11 Å². The SMILES string of the molecule is Cc1cc(C)c(-[n+]2ccn(/N=C(\[O-])C(C)(C)C)c2)c(C)c1. The van der Waals surface area contributed by atoms with Crippen LogP contribution in [-0.4, -0.2) is 10.6 Å². The predicted molar refractivity (Wildman–Crippen MR) is 82.5 cm³/mol. The van der Waals surface area contributed by atoms with Crippen molar-refractivity contribution < 1.29 is 9.67 Å². The molecule has 1 aromatic carbocycles. The van der Waals surface area contributed by atoms with Gasteiger partial charge in [0, 0.05) is 5.90 Å². The first-order chi connectivity index (χ1) is 9.68. The molecule has 0 atom stereocenters. The van der Waals surface area contributed by atoms with Crippen molar-refractivity contribution in [3.05, 3.63) is 47.5 Å². The first-order valence-electron chi connectivity index (χ1n) is 7.12. The molecule has 2 rings (SSSR count). The number of nitrogens with zero attached hydrogens (tertiary/aromatic N) is 3. The minimum Gasteiger partial charge on any atom is -0.859 e. The number of hydrogen-bond donors (Lipinski definition) is 0. The van der Waals surface area contributed by atoms with Crippen LogP contribution in [-0.2, 0) is 0 Å². The Kier molecular flexibility index (Phi) is 3.90. The number of rotatable bonds is 2. The van der Waals surface area contributed by atoms with Crippen molar-refractivity contribution in [2.24, 2.45) is 10.5 Å². The van der Waals surface area contributed by atoms with Crippen molar-refractivity contribution >= 4 is 5.90 Å². The largest absolute Gasteiger partial charge is 0.859 e.